The van der Waals surface area contributed by atoms with Gasteiger partial charge in [-0.05, 0) is 30.9 Å². The van der Waals surface area contributed by atoms with Gasteiger partial charge in [-0.25, -0.2) is 0 Å². The van der Waals surface area contributed by atoms with Crippen molar-refractivity contribution in [2.75, 3.05) is 0 Å². The van der Waals surface area contributed by atoms with Crippen molar-refractivity contribution in [1.82, 2.24) is 4.98 Å². The summed E-state index contributed by atoms with van der Waals surface area (Å²) in [6, 6.07) is 2.15. The first kappa shape index (κ1) is 15.8. The average Bonchev–Trinajstić information content (AvgIpc) is 2.88. The molecular formula is C16H27NO2. The Balaban J connectivity index is 1.75. The number of carbonyl (C=O) groups is 1. The number of aryl methyl sites for hydroxylation is 1. The monoisotopic (exact) mass is 265 g/mol. The molecule has 0 unspecified atom stereocenters. The van der Waals surface area contributed by atoms with Gasteiger partial charge in [0.1, 0.15) is 0 Å². The highest BCUT2D eigenvalue weighted by molar-refractivity contribution is 5.66. The Hall–Kier alpha value is -1.25. The number of unbranched alkanes of at least 4 members (excludes halogenated alkanes) is 8. The van der Waals surface area contributed by atoms with Gasteiger partial charge in [0.15, 0.2) is 0 Å². The van der Waals surface area contributed by atoms with E-state index in [-0.39, 0.29) is 0 Å². The molecule has 1 aromatic heterocycles. The minimum atomic E-state index is -0.664. The normalized spacial score (nSPS) is 10.7. The summed E-state index contributed by atoms with van der Waals surface area (Å²) in [4.78, 5) is 13.4. The maximum atomic E-state index is 10.3. The number of H-pyrrole nitrogens is 1. The second kappa shape index (κ2) is 10.7. The third-order valence-corrected chi connectivity index (χ3v) is 3.52. The minimum Gasteiger partial charge on any atom is -0.481 e. The van der Waals surface area contributed by atoms with Crippen LogP contribution in [-0.4, -0.2) is 16.1 Å². The maximum Gasteiger partial charge on any atom is 0.303 e. The van der Waals surface area contributed by atoms with Crippen molar-refractivity contribution in [1.29, 1.82) is 0 Å². The Morgan fingerprint density at radius 2 is 1.53 bits per heavy atom. The van der Waals surface area contributed by atoms with E-state index in [0.717, 1.165) is 12.8 Å². The van der Waals surface area contributed by atoms with Crippen LogP contribution in [0.3, 0.4) is 0 Å². The molecule has 0 spiro atoms. The first-order chi connectivity index (χ1) is 9.29. The number of carboxylic acids is 1. The number of hydrogen-bond acceptors (Lipinski definition) is 1. The predicted molar refractivity (Wildman–Crippen MR) is 78.3 cm³/mol. The number of aromatic amines is 1. The van der Waals surface area contributed by atoms with E-state index in [2.05, 4.69) is 17.2 Å². The van der Waals surface area contributed by atoms with Crippen LogP contribution in [0.25, 0.3) is 0 Å². The van der Waals surface area contributed by atoms with Crippen LogP contribution in [0.2, 0.25) is 0 Å². The molecule has 3 heteroatoms. The molecule has 1 rings (SSSR count). The smallest absolute Gasteiger partial charge is 0.303 e. The van der Waals surface area contributed by atoms with Crippen LogP contribution in [0.4, 0.5) is 0 Å². The Labute approximate surface area is 116 Å². The van der Waals surface area contributed by atoms with E-state index in [1.807, 2.05) is 6.20 Å². The van der Waals surface area contributed by atoms with Crippen LogP contribution in [0, 0.1) is 0 Å². The van der Waals surface area contributed by atoms with Gasteiger partial charge in [0.25, 0.3) is 0 Å². The van der Waals surface area contributed by atoms with Gasteiger partial charge in [-0.15, -0.1) is 0 Å². The maximum absolute atomic E-state index is 10.3. The van der Waals surface area contributed by atoms with Crippen molar-refractivity contribution in [3.63, 3.8) is 0 Å². The number of hydrogen-bond donors (Lipinski definition) is 2. The molecule has 0 amide bonds. The van der Waals surface area contributed by atoms with E-state index in [1.165, 1.54) is 56.9 Å². The van der Waals surface area contributed by atoms with Crippen molar-refractivity contribution < 1.29 is 9.90 Å². The lowest BCUT2D eigenvalue weighted by Gasteiger charge is -2.02. The molecule has 0 fully saturated rings. The quantitative estimate of drug-likeness (QED) is 0.545. The molecule has 108 valence electrons. The molecule has 1 aromatic rings. The van der Waals surface area contributed by atoms with Gasteiger partial charge in [0.2, 0.25) is 0 Å². The molecule has 0 aliphatic carbocycles. The molecule has 0 atom stereocenters. The topological polar surface area (TPSA) is 53.1 Å². The summed E-state index contributed by atoms with van der Waals surface area (Å²) in [5, 5.41) is 8.50. The van der Waals surface area contributed by atoms with Crippen LogP contribution >= 0.6 is 0 Å². The predicted octanol–water partition coefficient (Wildman–Crippen LogP) is 4.54. The number of rotatable bonds is 12. The molecule has 0 aromatic carbocycles. The van der Waals surface area contributed by atoms with Gasteiger partial charge in [-0.2, -0.15) is 0 Å². The van der Waals surface area contributed by atoms with Gasteiger partial charge < -0.3 is 10.1 Å². The molecule has 0 saturated carbocycles. The van der Waals surface area contributed by atoms with E-state index >= 15 is 0 Å². The lowest BCUT2D eigenvalue weighted by Crippen LogP contribution is -1.93. The van der Waals surface area contributed by atoms with Crippen molar-refractivity contribution in [3.05, 3.63) is 24.0 Å². The highest BCUT2D eigenvalue weighted by Crippen LogP contribution is 2.12. The summed E-state index contributed by atoms with van der Waals surface area (Å²) in [5.41, 5.74) is 1.42. The van der Waals surface area contributed by atoms with Crippen molar-refractivity contribution in [3.8, 4) is 0 Å². The Morgan fingerprint density at radius 3 is 2.05 bits per heavy atom. The number of carboxylic acid groups (broad SMARTS) is 1. The van der Waals surface area contributed by atoms with Crippen LogP contribution in [0.5, 0.6) is 0 Å². The second-order valence-electron chi connectivity index (χ2n) is 5.29. The van der Waals surface area contributed by atoms with Crippen molar-refractivity contribution >= 4 is 5.97 Å². The molecule has 0 aliphatic rings. The summed E-state index contributed by atoms with van der Waals surface area (Å²) < 4.78 is 0. The van der Waals surface area contributed by atoms with E-state index in [0.29, 0.717) is 6.42 Å². The first-order valence-corrected chi connectivity index (χ1v) is 7.62. The van der Waals surface area contributed by atoms with Crippen LogP contribution < -0.4 is 0 Å². The number of nitrogens with one attached hydrogen (secondary N) is 1. The molecule has 2 N–H and O–H groups in total. The highest BCUT2D eigenvalue weighted by atomic mass is 16.4. The summed E-state index contributed by atoms with van der Waals surface area (Å²) in [5.74, 6) is -0.664. The summed E-state index contributed by atoms with van der Waals surface area (Å²) in [6.07, 6.45) is 16.5. The standard InChI is InChI=1S/C16H27NO2/c18-16(19)11-9-7-5-3-1-2-4-6-8-10-15-12-13-17-14-15/h12-14,17H,1-11H2,(H,18,19). The highest BCUT2D eigenvalue weighted by Gasteiger charge is 1.97. The largest absolute Gasteiger partial charge is 0.481 e. The van der Waals surface area contributed by atoms with Crippen LogP contribution in [0.15, 0.2) is 18.5 Å². The van der Waals surface area contributed by atoms with Gasteiger partial charge in [0.05, 0.1) is 0 Å². The summed E-state index contributed by atoms with van der Waals surface area (Å²) in [7, 11) is 0. The Bertz CT molecular complexity index is 319. The third kappa shape index (κ3) is 9.34. The fourth-order valence-electron chi connectivity index (χ4n) is 2.36. The molecule has 1 heterocycles. The van der Waals surface area contributed by atoms with Crippen molar-refractivity contribution in [2.24, 2.45) is 0 Å². The minimum absolute atomic E-state index is 0.332. The van der Waals surface area contributed by atoms with Crippen LogP contribution in [0.1, 0.15) is 69.8 Å². The van der Waals surface area contributed by atoms with Crippen LogP contribution in [-0.2, 0) is 11.2 Å². The van der Waals surface area contributed by atoms with Gasteiger partial charge >= 0.3 is 5.97 Å². The molecule has 19 heavy (non-hydrogen) atoms. The lowest BCUT2D eigenvalue weighted by atomic mass is 10.0. The first-order valence-electron chi connectivity index (χ1n) is 7.62. The van der Waals surface area contributed by atoms with E-state index in [4.69, 9.17) is 5.11 Å². The van der Waals surface area contributed by atoms with Gasteiger partial charge in [-0.3, -0.25) is 4.79 Å². The molecular weight excluding hydrogens is 238 g/mol. The van der Waals surface area contributed by atoms with E-state index in [1.54, 1.807) is 0 Å². The Morgan fingerprint density at radius 1 is 0.947 bits per heavy atom. The van der Waals surface area contributed by atoms with E-state index < -0.39 is 5.97 Å². The summed E-state index contributed by atoms with van der Waals surface area (Å²) >= 11 is 0. The van der Waals surface area contributed by atoms with Gasteiger partial charge in [-0.1, -0.05) is 44.9 Å². The lowest BCUT2D eigenvalue weighted by molar-refractivity contribution is -0.137. The van der Waals surface area contributed by atoms with E-state index in [9.17, 15) is 4.79 Å². The second-order valence-corrected chi connectivity index (χ2v) is 5.29. The summed E-state index contributed by atoms with van der Waals surface area (Å²) in [6.45, 7) is 0. The zero-order valence-electron chi connectivity index (χ0n) is 11.9. The third-order valence-electron chi connectivity index (χ3n) is 3.52. The molecule has 0 saturated heterocycles. The number of aliphatic carboxylic acids is 1. The molecule has 3 nitrogen and oxygen atoms in total. The van der Waals surface area contributed by atoms with Gasteiger partial charge in [0, 0.05) is 18.8 Å². The molecule has 0 aliphatic heterocycles. The number of aromatic nitrogens is 1. The SMILES string of the molecule is O=C(O)CCCCCCCCCCCc1cc[nH]c1. The zero-order chi connectivity index (χ0) is 13.8. The Kier molecular flexibility index (Phi) is 8.86. The zero-order valence-corrected chi connectivity index (χ0v) is 11.9. The molecule has 0 radical (unpaired) electrons. The van der Waals surface area contributed by atoms with Crippen molar-refractivity contribution in [2.45, 2.75) is 70.6 Å². The fourth-order valence-corrected chi connectivity index (χ4v) is 2.36. The average molecular weight is 265 g/mol. The molecule has 0 bridgehead atoms. The fraction of sp³-hybridized carbons (Fsp3) is 0.688.